The number of nitrogen functional groups attached to an aromatic ring is 1. The van der Waals surface area contributed by atoms with Crippen LogP contribution in [0.5, 0.6) is 0 Å². The molecule has 1 aromatic rings. The molecule has 1 aliphatic rings. The summed E-state index contributed by atoms with van der Waals surface area (Å²) in [4.78, 5) is -0.709. The van der Waals surface area contributed by atoms with Gasteiger partial charge in [0.2, 0.25) is 10.0 Å². The van der Waals surface area contributed by atoms with Crippen molar-refractivity contribution in [2.75, 3.05) is 12.3 Å². The first-order valence-corrected chi connectivity index (χ1v) is 8.18. The molecule has 0 radical (unpaired) electrons. The summed E-state index contributed by atoms with van der Waals surface area (Å²) < 4.78 is 54.0. The molecule has 5 nitrogen and oxygen atoms in total. The third kappa shape index (κ3) is 3.17. The van der Waals surface area contributed by atoms with E-state index in [2.05, 4.69) is 4.72 Å². The normalized spacial score (nSPS) is 18.6. The fourth-order valence-corrected chi connectivity index (χ4v) is 4.16. The molecule has 21 heavy (non-hydrogen) atoms. The van der Waals surface area contributed by atoms with Crippen molar-refractivity contribution >= 4 is 15.7 Å². The molecule has 0 atom stereocenters. The topological polar surface area (TPSA) is 92.4 Å². The van der Waals surface area contributed by atoms with Gasteiger partial charge in [-0.1, -0.05) is 19.3 Å². The van der Waals surface area contributed by atoms with Gasteiger partial charge >= 0.3 is 0 Å². The standard InChI is InChI=1S/C13H18F2N2O3S/c14-9-4-5-10(11(15)12(9)16)21(19,20)17-13(8-18)6-2-1-3-7-13/h4-5,17-18H,1-3,6-8,16H2. The number of aliphatic hydroxyl groups excluding tert-OH is 1. The number of benzene rings is 1. The van der Waals surface area contributed by atoms with Crippen LogP contribution < -0.4 is 10.5 Å². The molecule has 1 aromatic carbocycles. The molecule has 1 saturated carbocycles. The van der Waals surface area contributed by atoms with Crippen LogP contribution in [0.1, 0.15) is 32.1 Å². The number of rotatable bonds is 4. The van der Waals surface area contributed by atoms with Gasteiger partial charge in [0.25, 0.3) is 0 Å². The first kappa shape index (κ1) is 16.1. The number of halogens is 2. The van der Waals surface area contributed by atoms with Gasteiger partial charge in [0, 0.05) is 0 Å². The van der Waals surface area contributed by atoms with Crippen LogP contribution in [-0.2, 0) is 10.0 Å². The average Bonchev–Trinajstić information content (AvgIpc) is 2.45. The van der Waals surface area contributed by atoms with Gasteiger partial charge in [0.1, 0.15) is 16.4 Å². The lowest BCUT2D eigenvalue weighted by molar-refractivity contribution is 0.142. The van der Waals surface area contributed by atoms with Crippen molar-refractivity contribution in [3.8, 4) is 0 Å². The molecular weight excluding hydrogens is 302 g/mol. The van der Waals surface area contributed by atoms with E-state index in [-0.39, 0.29) is 6.61 Å². The van der Waals surface area contributed by atoms with E-state index in [1.54, 1.807) is 0 Å². The van der Waals surface area contributed by atoms with Crippen LogP contribution >= 0.6 is 0 Å². The van der Waals surface area contributed by atoms with E-state index in [0.29, 0.717) is 12.8 Å². The Hall–Kier alpha value is -1.25. The van der Waals surface area contributed by atoms with E-state index in [1.165, 1.54) is 0 Å². The van der Waals surface area contributed by atoms with E-state index in [0.717, 1.165) is 31.4 Å². The van der Waals surface area contributed by atoms with Crippen molar-refractivity contribution in [1.82, 2.24) is 4.72 Å². The maximum absolute atomic E-state index is 13.9. The first-order valence-electron chi connectivity index (χ1n) is 6.70. The number of hydrogen-bond donors (Lipinski definition) is 3. The highest BCUT2D eigenvalue weighted by atomic mass is 32.2. The summed E-state index contributed by atoms with van der Waals surface area (Å²) in [6.07, 6.45) is 3.46. The van der Waals surface area contributed by atoms with Gasteiger partial charge in [-0.05, 0) is 25.0 Å². The first-order chi connectivity index (χ1) is 9.81. The Balaban J connectivity index is 2.36. The van der Waals surface area contributed by atoms with Gasteiger partial charge in [-0.2, -0.15) is 0 Å². The van der Waals surface area contributed by atoms with E-state index in [9.17, 15) is 22.3 Å². The van der Waals surface area contributed by atoms with E-state index < -0.39 is 37.8 Å². The molecule has 4 N–H and O–H groups in total. The second-order valence-electron chi connectivity index (χ2n) is 5.38. The molecule has 0 spiro atoms. The summed E-state index contributed by atoms with van der Waals surface area (Å²) in [7, 11) is -4.23. The third-order valence-corrected chi connectivity index (χ3v) is 5.44. The quantitative estimate of drug-likeness (QED) is 0.733. The van der Waals surface area contributed by atoms with Crippen molar-refractivity contribution in [3.05, 3.63) is 23.8 Å². The molecule has 0 aromatic heterocycles. The Bertz CT molecular complexity index is 629. The fourth-order valence-electron chi connectivity index (χ4n) is 2.62. The molecule has 0 saturated heterocycles. The highest BCUT2D eigenvalue weighted by Gasteiger charge is 2.37. The largest absolute Gasteiger partial charge is 0.394 e. The Kier molecular flexibility index (Phi) is 4.50. The van der Waals surface area contributed by atoms with E-state index in [1.807, 2.05) is 0 Å². The summed E-state index contributed by atoms with van der Waals surface area (Å²) in [5.41, 5.74) is 3.36. The minimum absolute atomic E-state index is 0.371. The van der Waals surface area contributed by atoms with E-state index in [4.69, 9.17) is 5.73 Å². The molecule has 0 unspecified atom stereocenters. The second kappa shape index (κ2) is 5.86. The number of anilines is 1. The van der Waals surface area contributed by atoms with Crippen molar-refractivity contribution in [3.63, 3.8) is 0 Å². The van der Waals surface area contributed by atoms with Crippen LogP contribution in [0.3, 0.4) is 0 Å². The van der Waals surface area contributed by atoms with Crippen LogP contribution in [0.15, 0.2) is 17.0 Å². The minimum Gasteiger partial charge on any atom is -0.394 e. The predicted octanol–water partition coefficient (Wildman–Crippen LogP) is 1.52. The van der Waals surface area contributed by atoms with Crippen LogP contribution in [0, 0.1) is 11.6 Å². The lowest BCUT2D eigenvalue weighted by Gasteiger charge is -2.36. The van der Waals surface area contributed by atoms with Gasteiger partial charge in [-0.25, -0.2) is 21.9 Å². The molecule has 1 aliphatic carbocycles. The minimum atomic E-state index is -4.23. The lowest BCUT2D eigenvalue weighted by Crippen LogP contribution is -2.52. The summed E-state index contributed by atoms with van der Waals surface area (Å²) >= 11 is 0. The number of hydrogen-bond acceptors (Lipinski definition) is 4. The van der Waals surface area contributed by atoms with Gasteiger partial charge in [0.15, 0.2) is 5.82 Å². The van der Waals surface area contributed by atoms with Gasteiger partial charge < -0.3 is 10.8 Å². The maximum Gasteiger partial charge on any atom is 0.244 e. The van der Waals surface area contributed by atoms with Crippen LogP contribution in [0.25, 0.3) is 0 Å². The van der Waals surface area contributed by atoms with Gasteiger partial charge in [-0.15, -0.1) is 0 Å². The molecule has 2 rings (SSSR count). The molecule has 0 heterocycles. The molecule has 0 amide bonds. The SMILES string of the molecule is Nc1c(F)ccc(S(=O)(=O)NC2(CO)CCCCC2)c1F. The highest BCUT2D eigenvalue weighted by Crippen LogP contribution is 2.31. The number of nitrogens with one attached hydrogen (secondary N) is 1. The highest BCUT2D eigenvalue weighted by molar-refractivity contribution is 7.89. The Morgan fingerprint density at radius 1 is 1.24 bits per heavy atom. The zero-order valence-electron chi connectivity index (χ0n) is 11.4. The smallest absolute Gasteiger partial charge is 0.244 e. The summed E-state index contributed by atoms with van der Waals surface area (Å²) in [5, 5.41) is 9.51. The lowest BCUT2D eigenvalue weighted by atomic mass is 9.83. The monoisotopic (exact) mass is 320 g/mol. The van der Waals surface area contributed by atoms with Crippen LogP contribution in [0.4, 0.5) is 14.5 Å². The summed E-state index contributed by atoms with van der Waals surface area (Å²) in [6, 6.07) is 1.64. The second-order valence-corrected chi connectivity index (χ2v) is 7.03. The third-order valence-electron chi connectivity index (χ3n) is 3.84. The Labute approximate surface area is 122 Å². The Morgan fingerprint density at radius 2 is 1.86 bits per heavy atom. The van der Waals surface area contributed by atoms with Crippen LogP contribution in [-0.4, -0.2) is 25.7 Å². The zero-order valence-corrected chi connectivity index (χ0v) is 12.2. The molecular formula is C13H18F2N2O3S. The number of sulfonamides is 1. The van der Waals surface area contributed by atoms with E-state index >= 15 is 0 Å². The molecule has 0 bridgehead atoms. The van der Waals surface area contributed by atoms with Crippen molar-refractivity contribution in [2.45, 2.75) is 42.5 Å². The van der Waals surface area contributed by atoms with Gasteiger partial charge in [0.05, 0.1) is 12.1 Å². The van der Waals surface area contributed by atoms with Crippen molar-refractivity contribution in [2.24, 2.45) is 0 Å². The molecule has 1 fully saturated rings. The number of aliphatic hydroxyl groups is 1. The summed E-state index contributed by atoms with van der Waals surface area (Å²) in [6.45, 7) is -0.371. The molecule has 0 aliphatic heterocycles. The van der Waals surface area contributed by atoms with Crippen molar-refractivity contribution < 1.29 is 22.3 Å². The Morgan fingerprint density at radius 3 is 2.43 bits per heavy atom. The van der Waals surface area contributed by atoms with Gasteiger partial charge in [-0.3, -0.25) is 0 Å². The van der Waals surface area contributed by atoms with Crippen molar-refractivity contribution in [1.29, 1.82) is 0 Å². The zero-order chi connectivity index (χ0) is 15.7. The average molecular weight is 320 g/mol. The fraction of sp³-hybridized carbons (Fsp3) is 0.538. The summed E-state index contributed by atoms with van der Waals surface area (Å²) in [5.74, 6) is -2.33. The molecule has 118 valence electrons. The number of nitrogens with two attached hydrogens (primary N) is 1. The van der Waals surface area contributed by atoms with Crippen LogP contribution in [0.2, 0.25) is 0 Å². The molecule has 8 heteroatoms. The predicted molar refractivity (Wildman–Crippen MR) is 74.0 cm³/mol. The maximum atomic E-state index is 13.9.